The van der Waals surface area contributed by atoms with Crippen molar-refractivity contribution in [1.29, 1.82) is 0 Å². The van der Waals surface area contributed by atoms with E-state index in [2.05, 4.69) is 9.98 Å². The molecule has 170 valence electrons. The minimum atomic E-state index is -4.23. The number of nitrogens with zero attached hydrogens (tertiary/aromatic N) is 3. The number of likely N-dealkylation sites (N-methyl/N-ethyl adjacent to an activating group) is 1. The Morgan fingerprint density at radius 2 is 1.88 bits per heavy atom. The summed E-state index contributed by atoms with van der Waals surface area (Å²) in [6.07, 6.45) is 1.59. The highest BCUT2D eigenvalue weighted by Crippen LogP contribution is 2.40. The van der Waals surface area contributed by atoms with E-state index < -0.39 is 21.4 Å². The molecule has 1 atom stereocenters. The number of pyridine rings is 1. The number of benzene rings is 2. The lowest BCUT2D eigenvalue weighted by Crippen LogP contribution is -2.41. The van der Waals surface area contributed by atoms with Gasteiger partial charge in [-0.2, -0.15) is 8.42 Å². The lowest BCUT2D eigenvalue weighted by atomic mass is 9.84. The van der Waals surface area contributed by atoms with Crippen LogP contribution in [0.1, 0.15) is 16.8 Å². The number of carbonyl (C=O) groups excluding carboxylic acids is 1. The van der Waals surface area contributed by atoms with Gasteiger partial charge in [0.2, 0.25) is 5.54 Å². The van der Waals surface area contributed by atoms with Crippen LogP contribution in [0.5, 0.6) is 5.75 Å². The van der Waals surface area contributed by atoms with Crippen LogP contribution in [-0.2, 0) is 26.2 Å². The van der Waals surface area contributed by atoms with E-state index in [-0.39, 0.29) is 11.9 Å². The van der Waals surface area contributed by atoms with Crippen LogP contribution in [0.4, 0.5) is 0 Å². The number of ether oxygens (including phenoxy) is 1. The molecule has 0 fully saturated rings. The molecule has 1 aliphatic heterocycles. The molecule has 0 bridgehead atoms. The van der Waals surface area contributed by atoms with E-state index in [0.717, 1.165) is 0 Å². The largest absolute Gasteiger partial charge is 0.497 e. The molecule has 1 amide bonds. The number of methoxy groups -OCH3 is 1. The molecule has 0 spiro atoms. The molecule has 10 heteroatoms. The van der Waals surface area contributed by atoms with Crippen LogP contribution in [0, 0.1) is 0 Å². The molecule has 3 N–H and O–H groups in total. The Labute approximate surface area is 191 Å². The van der Waals surface area contributed by atoms with E-state index >= 15 is 0 Å². The van der Waals surface area contributed by atoms with Gasteiger partial charge < -0.3 is 10.5 Å². The van der Waals surface area contributed by atoms with E-state index in [0.29, 0.717) is 33.7 Å². The van der Waals surface area contributed by atoms with E-state index in [1.165, 1.54) is 18.1 Å². The number of aromatic nitrogens is 1. The van der Waals surface area contributed by atoms with Gasteiger partial charge in [0, 0.05) is 13.2 Å². The number of carbonyl (C=O) groups is 1. The summed E-state index contributed by atoms with van der Waals surface area (Å²) in [6.45, 7) is 0. The zero-order valence-corrected chi connectivity index (χ0v) is 18.8. The molecule has 1 aliphatic rings. The van der Waals surface area contributed by atoms with Gasteiger partial charge >= 0.3 is 0 Å². The van der Waals surface area contributed by atoms with Crippen LogP contribution in [0.25, 0.3) is 11.1 Å². The molecule has 1 aromatic heterocycles. The van der Waals surface area contributed by atoms with Crippen LogP contribution in [0.2, 0.25) is 0 Å². The summed E-state index contributed by atoms with van der Waals surface area (Å²) in [4.78, 5) is 23.6. The van der Waals surface area contributed by atoms with Gasteiger partial charge in [0.25, 0.3) is 16.0 Å². The van der Waals surface area contributed by atoms with Crippen LogP contribution < -0.4 is 10.5 Å². The Kier molecular flexibility index (Phi) is 5.64. The number of hydrogen-bond donors (Lipinski definition) is 2. The Hall–Kier alpha value is -3.76. The average molecular weight is 467 g/mol. The number of rotatable bonds is 6. The van der Waals surface area contributed by atoms with Crippen molar-refractivity contribution in [3.63, 3.8) is 0 Å². The molecule has 2 aromatic carbocycles. The Morgan fingerprint density at radius 1 is 1.09 bits per heavy atom. The second-order valence-corrected chi connectivity index (χ2v) is 9.09. The van der Waals surface area contributed by atoms with Gasteiger partial charge in [-0.3, -0.25) is 19.2 Å². The van der Waals surface area contributed by atoms with E-state index in [9.17, 15) is 17.8 Å². The van der Waals surface area contributed by atoms with Crippen molar-refractivity contribution >= 4 is 22.0 Å². The predicted molar refractivity (Wildman–Crippen MR) is 123 cm³/mol. The minimum Gasteiger partial charge on any atom is -0.497 e. The fraction of sp³-hybridized carbons (Fsp3) is 0.174. The number of guanidine groups is 1. The van der Waals surface area contributed by atoms with Crippen molar-refractivity contribution in [1.82, 2.24) is 9.88 Å². The Balaban J connectivity index is 1.89. The maximum Gasteiger partial charge on any atom is 0.269 e. The normalized spacial score (nSPS) is 18.3. The fourth-order valence-electron chi connectivity index (χ4n) is 3.88. The van der Waals surface area contributed by atoms with Gasteiger partial charge in [0.1, 0.15) is 11.5 Å². The minimum absolute atomic E-state index is 0.0767. The highest BCUT2D eigenvalue weighted by Gasteiger charge is 2.50. The molecule has 2 heterocycles. The van der Waals surface area contributed by atoms with Gasteiger partial charge in [0.15, 0.2) is 5.96 Å². The third-order valence-corrected chi connectivity index (χ3v) is 6.14. The molecule has 3 aromatic rings. The van der Waals surface area contributed by atoms with Gasteiger partial charge in [0.05, 0.1) is 12.8 Å². The average Bonchev–Trinajstić information content (AvgIpc) is 3.03. The molecule has 4 rings (SSSR count). The number of aliphatic imine (C=N–C) groups is 1. The molecule has 1 unspecified atom stereocenters. The Morgan fingerprint density at radius 3 is 2.48 bits per heavy atom. The van der Waals surface area contributed by atoms with Crippen molar-refractivity contribution in [2.45, 2.75) is 11.3 Å². The summed E-state index contributed by atoms with van der Waals surface area (Å²) >= 11 is 0. The summed E-state index contributed by atoms with van der Waals surface area (Å²) in [5, 5.41) is 0. The number of nitrogens with two attached hydrogens (primary N) is 1. The van der Waals surface area contributed by atoms with Crippen LogP contribution in [0.15, 0.2) is 71.9 Å². The first-order valence-electron chi connectivity index (χ1n) is 9.93. The topological polar surface area (TPSA) is 135 Å². The van der Waals surface area contributed by atoms with Crippen molar-refractivity contribution in [3.8, 4) is 16.9 Å². The quantitative estimate of drug-likeness (QED) is 0.532. The van der Waals surface area contributed by atoms with Gasteiger partial charge in [-0.25, -0.2) is 4.99 Å². The zero-order valence-electron chi connectivity index (χ0n) is 18.0. The molecular formula is C23H22N4O5S. The summed E-state index contributed by atoms with van der Waals surface area (Å²) in [5.41, 5.74) is 7.23. The fourth-order valence-corrected chi connectivity index (χ4v) is 4.47. The highest BCUT2D eigenvalue weighted by atomic mass is 32.2. The predicted octanol–water partition coefficient (Wildman–Crippen LogP) is 2.18. The monoisotopic (exact) mass is 466 g/mol. The molecule has 0 saturated heterocycles. The van der Waals surface area contributed by atoms with Crippen LogP contribution in [0.3, 0.4) is 0 Å². The summed E-state index contributed by atoms with van der Waals surface area (Å²) in [5.74, 6) is -0.393. The van der Waals surface area contributed by atoms with Gasteiger partial charge in [-0.1, -0.05) is 24.3 Å². The van der Waals surface area contributed by atoms with Crippen molar-refractivity contribution < 1.29 is 22.5 Å². The second kappa shape index (κ2) is 8.30. The summed E-state index contributed by atoms with van der Waals surface area (Å²) < 4.78 is 37.4. The molecule has 0 saturated carbocycles. The van der Waals surface area contributed by atoms with Gasteiger partial charge in [-0.05, 0) is 58.7 Å². The molecule has 0 radical (unpaired) electrons. The van der Waals surface area contributed by atoms with Crippen LogP contribution >= 0.6 is 0 Å². The van der Waals surface area contributed by atoms with Crippen molar-refractivity contribution in [2.75, 3.05) is 14.2 Å². The maximum atomic E-state index is 13.4. The summed E-state index contributed by atoms with van der Waals surface area (Å²) in [7, 11) is -1.21. The van der Waals surface area contributed by atoms with E-state index in [1.807, 2.05) is 6.07 Å². The van der Waals surface area contributed by atoms with Crippen molar-refractivity contribution in [2.24, 2.45) is 10.7 Å². The molecule has 9 nitrogen and oxygen atoms in total. The lowest BCUT2D eigenvalue weighted by molar-refractivity contribution is -0.129. The molecule has 33 heavy (non-hydrogen) atoms. The first-order valence-corrected chi connectivity index (χ1v) is 11.5. The zero-order chi connectivity index (χ0) is 23.8. The van der Waals surface area contributed by atoms with Crippen LogP contribution in [-0.4, -0.2) is 48.9 Å². The molecular weight excluding hydrogens is 444 g/mol. The van der Waals surface area contributed by atoms with Gasteiger partial charge in [-0.15, -0.1) is 0 Å². The SMILES string of the molecule is COc1cc(CS(=O)(=O)O)cc(-c2cccc(C3(c4ccccn4)N=C(N)N(C)C3=O)c2)c1. The van der Waals surface area contributed by atoms with E-state index in [4.69, 9.17) is 10.5 Å². The molecule has 0 aliphatic carbocycles. The first-order chi connectivity index (χ1) is 15.6. The van der Waals surface area contributed by atoms with E-state index in [1.54, 1.807) is 61.8 Å². The highest BCUT2D eigenvalue weighted by molar-refractivity contribution is 7.85. The third-order valence-electron chi connectivity index (χ3n) is 5.44. The lowest BCUT2D eigenvalue weighted by Gasteiger charge is -2.25. The first kappa shape index (κ1) is 22.4. The van der Waals surface area contributed by atoms with Crippen molar-refractivity contribution in [3.05, 3.63) is 83.7 Å². The summed E-state index contributed by atoms with van der Waals surface area (Å²) in [6, 6.07) is 17.3. The Bertz CT molecular complexity index is 1360. The number of hydrogen-bond acceptors (Lipinski definition) is 7. The maximum absolute atomic E-state index is 13.4. The standard InChI is InChI=1S/C23H22N4O5S/c1-27-21(28)23(26-22(27)24,20-8-3-4-9-25-20)18-7-5-6-16(12-18)17-10-15(14-33(29,30)31)11-19(13-17)32-2/h3-13H,14H2,1-2H3,(H2,24,26)(H,29,30,31). The third kappa shape index (κ3) is 4.18. The number of amides is 1. The smallest absolute Gasteiger partial charge is 0.269 e. The second-order valence-electron chi connectivity index (χ2n) is 7.64.